The maximum Gasteiger partial charge on any atom is -0.00820 e. The van der Waals surface area contributed by atoms with Gasteiger partial charge in [-0.15, -0.1) is 0 Å². The lowest BCUT2D eigenvalue weighted by atomic mass is 9.36. The number of allylic oxidation sites excluding steroid dienone is 2. The zero-order valence-electron chi connectivity index (χ0n) is 22.5. The second kappa shape index (κ2) is 6.44. The Balaban J connectivity index is 1.53. The topological polar surface area (TPSA) is 0 Å². The lowest BCUT2D eigenvalue weighted by molar-refractivity contribution is -0.173. The van der Waals surface area contributed by atoms with Gasteiger partial charge in [-0.1, -0.05) is 74.0 Å². The monoisotopic (exact) mass is 424 g/mol. The van der Waals surface area contributed by atoms with Crippen LogP contribution in [0.4, 0.5) is 0 Å². The molecule has 0 aliphatic heterocycles. The summed E-state index contributed by atoms with van der Waals surface area (Å²) in [6.45, 7) is 23.6. The van der Waals surface area contributed by atoms with Gasteiger partial charge in [0.15, 0.2) is 0 Å². The van der Waals surface area contributed by atoms with E-state index in [2.05, 4.69) is 68.4 Å². The highest BCUT2D eigenvalue weighted by Gasteiger charge is 2.64. The fraction of sp³-hybridized carbons (Fsp3) is 0.935. The van der Waals surface area contributed by atoms with E-state index in [0.717, 1.165) is 23.7 Å². The first-order valence-electron chi connectivity index (χ1n) is 13.9. The Morgan fingerprint density at radius 1 is 0.710 bits per heavy atom. The highest BCUT2D eigenvalue weighted by atomic mass is 14.7. The van der Waals surface area contributed by atoms with Crippen molar-refractivity contribution < 1.29 is 0 Å². The number of hydrogen-bond donors (Lipinski definition) is 0. The fourth-order valence-electron chi connectivity index (χ4n) is 10.3. The van der Waals surface area contributed by atoms with E-state index in [9.17, 15) is 0 Å². The first-order chi connectivity index (χ1) is 14.2. The summed E-state index contributed by atoms with van der Waals surface area (Å²) in [6.07, 6.45) is 17.3. The third-order valence-corrected chi connectivity index (χ3v) is 13.4. The maximum atomic E-state index is 2.85. The van der Waals surface area contributed by atoms with E-state index in [-0.39, 0.29) is 0 Å². The van der Waals surface area contributed by atoms with E-state index in [1.165, 1.54) is 64.2 Å². The second-order valence-electron chi connectivity index (χ2n) is 15.8. The Morgan fingerprint density at radius 2 is 1.39 bits per heavy atom. The first kappa shape index (κ1) is 22.5. The molecule has 0 aromatic heterocycles. The lowest BCUT2D eigenvalue weighted by Gasteiger charge is -2.69. The molecule has 5 aliphatic rings. The van der Waals surface area contributed by atoms with Crippen LogP contribution in [0, 0.1) is 56.2 Å². The number of fused-ring (bicyclic) bond motifs is 7. The highest BCUT2D eigenvalue weighted by molar-refractivity contribution is 5.30. The van der Waals surface area contributed by atoms with Gasteiger partial charge in [-0.2, -0.15) is 0 Å². The van der Waals surface area contributed by atoms with E-state index in [0.29, 0.717) is 32.5 Å². The van der Waals surface area contributed by atoms with Crippen molar-refractivity contribution in [3.8, 4) is 0 Å². The molecule has 4 saturated carbocycles. The Bertz CT molecular complexity index is 780. The molecular weight excluding hydrogens is 372 g/mol. The average Bonchev–Trinajstić information content (AvgIpc) is 2.67. The van der Waals surface area contributed by atoms with E-state index >= 15 is 0 Å². The number of hydrogen-bond acceptors (Lipinski definition) is 0. The van der Waals surface area contributed by atoms with Crippen LogP contribution in [-0.2, 0) is 0 Å². The zero-order chi connectivity index (χ0) is 22.7. The van der Waals surface area contributed by atoms with Crippen LogP contribution in [0.1, 0.15) is 127 Å². The van der Waals surface area contributed by atoms with Crippen LogP contribution in [0.25, 0.3) is 0 Å². The third-order valence-electron chi connectivity index (χ3n) is 13.4. The van der Waals surface area contributed by atoms with Gasteiger partial charge in [0.1, 0.15) is 0 Å². The van der Waals surface area contributed by atoms with Gasteiger partial charge in [0.25, 0.3) is 0 Å². The molecule has 0 N–H and O–H groups in total. The lowest BCUT2D eigenvalue weighted by Crippen LogP contribution is -2.61. The largest absolute Gasteiger partial charge is 0.0842 e. The molecule has 0 bridgehead atoms. The molecule has 0 heteroatoms. The molecule has 7 unspecified atom stereocenters. The fourth-order valence-corrected chi connectivity index (χ4v) is 10.3. The van der Waals surface area contributed by atoms with E-state index < -0.39 is 0 Å². The molecule has 0 radical (unpaired) electrons. The summed E-state index contributed by atoms with van der Waals surface area (Å²) in [6, 6.07) is 0. The summed E-state index contributed by atoms with van der Waals surface area (Å²) in [4.78, 5) is 0. The normalized spacial score (nSPS) is 52.1. The molecule has 0 aromatic carbocycles. The second-order valence-corrected chi connectivity index (χ2v) is 15.8. The summed E-state index contributed by atoms with van der Waals surface area (Å²) < 4.78 is 0. The van der Waals surface area contributed by atoms with Crippen LogP contribution < -0.4 is 0 Å². The Labute approximate surface area is 194 Å². The van der Waals surface area contributed by atoms with E-state index in [1.807, 2.05) is 5.57 Å². The van der Waals surface area contributed by atoms with Crippen LogP contribution in [0.5, 0.6) is 0 Å². The van der Waals surface area contributed by atoms with E-state index in [4.69, 9.17) is 0 Å². The molecule has 7 atom stereocenters. The van der Waals surface area contributed by atoms with Crippen molar-refractivity contribution in [3.63, 3.8) is 0 Å². The molecule has 0 nitrogen and oxygen atoms in total. The third kappa shape index (κ3) is 2.91. The predicted molar refractivity (Wildman–Crippen MR) is 134 cm³/mol. The van der Waals surface area contributed by atoms with Gasteiger partial charge >= 0.3 is 0 Å². The molecule has 0 saturated heterocycles. The van der Waals surface area contributed by atoms with Gasteiger partial charge in [-0.25, -0.2) is 0 Å². The van der Waals surface area contributed by atoms with Crippen LogP contribution in [0.15, 0.2) is 11.6 Å². The van der Waals surface area contributed by atoms with Gasteiger partial charge < -0.3 is 0 Å². The van der Waals surface area contributed by atoms with Crippen molar-refractivity contribution in [2.45, 2.75) is 127 Å². The van der Waals surface area contributed by atoms with Crippen molar-refractivity contribution in [1.29, 1.82) is 0 Å². The SMILES string of the molecule is CC1(C)CCC2(C)CCC3(C)C(=CCC4C3CCC3C4(C)CCC(C)(C)C3(C)C)C2C1. The predicted octanol–water partition coefficient (Wildman–Crippen LogP) is 9.44. The molecule has 4 fully saturated rings. The summed E-state index contributed by atoms with van der Waals surface area (Å²) in [5.41, 5.74) is 4.99. The minimum atomic E-state index is 0.453. The molecule has 176 valence electrons. The standard InChI is InChI=1S/C31H52/c1-26(2)14-16-29(7)17-19-30(8)21-12-13-25-28(5,6)27(3,4)15-18-31(25,9)22(21)10-11-23(30)24(29)20-26/h11,21-22,24-25H,10,12-20H2,1-9H3. The molecule has 0 amide bonds. The van der Waals surface area contributed by atoms with Crippen molar-refractivity contribution in [2.24, 2.45) is 56.2 Å². The molecule has 0 aromatic rings. The maximum absolute atomic E-state index is 2.85. The minimum Gasteiger partial charge on any atom is -0.0842 e. The Morgan fingerprint density at radius 3 is 2.10 bits per heavy atom. The Hall–Kier alpha value is -0.260. The van der Waals surface area contributed by atoms with Crippen molar-refractivity contribution in [3.05, 3.63) is 11.6 Å². The van der Waals surface area contributed by atoms with Crippen LogP contribution in [0.3, 0.4) is 0 Å². The van der Waals surface area contributed by atoms with Crippen molar-refractivity contribution >= 4 is 0 Å². The summed E-state index contributed by atoms with van der Waals surface area (Å²) >= 11 is 0. The smallest absolute Gasteiger partial charge is 0.00820 e. The molecule has 0 heterocycles. The molecule has 5 rings (SSSR count). The van der Waals surface area contributed by atoms with Crippen LogP contribution >= 0.6 is 0 Å². The van der Waals surface area contributed by atoms with Crippen LogP contribution in [-0.4, -0.2) is 0 Å². The molecule has 5 aliphatic carbocycles. The van der Waals surface area contributed by atoms with Gasteiger partial charge in [0, 0.05) is 0 Å². The quantitative estimate of drug-likeness (QED) is 0.340. The summed E-state index contributed by atoms with van der Waals surface area (Å²) in [7, 11) is 0. The van der Waals surface area contributed by atoms with Crippen LogP contribution in [0.2, 0.25) is 0 Å². The van der Waals surface area contributed by atoms with E-state index in [1.54, 1.807) is 0 Å². The zero-order valence-corrected chi connectivity index (χ0v) is 22.5. The number of rotatable bonds is 0. The molecule has 31 heavy (non-hydrogen) atoms. The Kier molecular flexibility index (Phi) is 4.68. The molecular formula is C31H52. The minimum absolute atomic E-state index is 0.453. The van der Waals surface area contributed by atoms with Crippen molar-refractivity contribution in [2.75, 3.05) is 0 Å². The summed E-state index contributed by atoms with van der Waals surface area (Å²) in [5, 5.41) is 0. The van der Waals surface area contributed by atoms with Gasteiger partial charge in [-0.3, -0.25) is 0 Å². The van der Waals surface area contributed by atoms with Crippen molar-refractivity contribution in [1.82, 2.24) is 0 Å². The summed E-state index contributed by atoms with van der Waals surface area (Å²) in [5.74, 6) is 3.59. The van der Waals surface area contributed by atoms with Gasteiger partial charge in [-0.05, 0) is 120 Å². The van der Waals surface area contributed by atoms with Gasteiger partial charge in [0.05, 0.1) is 0 Å². The van der Waals surface area contributed by atoms with Gasteiger partial charge in [0.2, 0.25) is 0 Å². The first-order valence-corrected chi connectivity index (χ1v) is 13.9. The average molecular weight is 425 g/mol. The molecule has 0 spiro atoms. The highest BCUT2D eigenvalue weighted by Crippen LogP contribution is 2.73.